The van der Waals surface area contributed by atoms with Gasteiger partial charge < -0.3 is 0 Å². The van der Waals surface area contributed by atoms with Crippen LogP contribution in [-0.2, 0) is 5.41 Å². The van der Waals surface area contributed by atoms with E-state index in [1.54, 1.807) is 11.3 Å². The Kier molecular flexibility index (Phi) is 3.25. The molecule has 0 radical (unpaired) electrons. The zero-order valence-corrected chi connectivity index (χ0v) is 18.2. The third-order valence-electron chi connectivity index (χ3n) is 6.86. The highest BCUT2D eigenvalue weighted by Gasteiger charge is 2.37. The van der Waals surface area contributed by atoms with E-state index in [2.05, 4.69) is 103 Å². The first-order chi connectivity index (χ1) is 15.1. The average molecular weight is 417 g/mol. The fraction of sp³-hybridized carbons (Fsp3) is 0.107. The Labute approximate surface area is 184 Å². The summed E-state index contributed by atoms with van der Waals surface area (Å²) in [5, 5.41) is 3.66. The van der Waals surface area contributed by atoms with Gasteiger partial charge in [0.05, 0.1) is 21.3 Å². The minimum absolute atomic E-state index is 0.000811. The molecule has 0 amide bonds. The summed E-state index contributed by atoms with van der Waals surface area (Å²) in [5.74, 6) is 0. The number of hydrogen-bond donors (Lipinski definition) is 0. The summed E-state index contributed by atoms with van der Waals surface area (Å²) in [6.07, 6.45) is 0. The molecule has 0 N–H and O–H groups in total. The van der Waals surface area contributed by atoms with Crippen molar-refractivity contribution < 1.29 is 0 Å². The lowest BCUT2D eigenvalue weighted by Gasteiger charge is -2.21. The van der Waals surface area contributed by atoms with E-state index in [1.807, 2.05) is 0 Å². The van der Waals surface area contributed by atoms with Crippen molar-refractivity contribution in [3.63, 3.8) is 0 Å². The van der Waals surface area contributed by atoms with Crippen LogP contribution >= 0.6 is 11.3 Å². The largest absolute Gasteiger partial charge is 0.285 e. The van der Waals surface area contributed by atoms with Crippen LogP contribution < -0.4 is 0 Å². The number of thiazole rings is 1. The molecule has 148 valence electrons. The second kappa shape index (κ2) is 5.83. The van der Waals surface area contributed by atoms with Gasteiger partial charge in [0.2, 0.25) is 0 Å². The van der Waals surface area contributed by atoms with Gasteiger partial charge >= 0.3 is 0 Å². The number of para-hydroxylation sites is 2. The second-order valence-corrected chi connectivity index (χ2v) is 9.88. The van der Waals surface area contributed by atoms with Crippen LogP contribution in [0.1, 0.15) is 25.0 Å². The first-order valence-electron chi connectivity index (χ1n) is 10.7. The first kappa shape index (κ1) is 17.3. The van der Waals surface area contributed by atoms with E-state index in [4.69, 9.17) is 4.98 Å². The van der Waals surface area contributed by atoms with Crippen LogP contribution in [0.25, 0.3) is 48.3 Å². The Balaban J connectivity index is 1.67. The van der Waals surface area contributed by atoms with Gasteiger partial charge in [-0.05, 0) is 46.5 Å². The van der Waals surface area contributed by atoms with E-state index in [0.29, 0.717) is 0 Å². The lowest BCUT2D eigenvalue weighted by Crippen LogP contribution is -2.14. The lowest BCUT2D eigenvalue weighted by atomic mass is 9.82. The van der Waals surface area contributed by atoms with Gasteiger partial charge in [0.25, 0.3) is 0 Å². The maximum absolute atomic E-state index is 5.00. The Morgan fingerprint density at radius 3 is 2.42 bits per heavy atom. The highest BCUT2D eigenvalue weighted by Crippen LogP contribution is 2.53. The van der Waals surface area contributed by atoms with Gasteiger partial charge in [-0.1, -0.05) is 85.8 Å². The molecule has 0 aliphatic heterocycles. The summed E-state index contributed by atoms with van der Waals surface area (Å²) in [6.45, 7) is 4.69. The number of rotatable bonds is 1. The summed E-state index contributed by atoms with van der Waals surface area (Å²) < 4.78 is 3.57. The van der Waals surface area contributed by atoms with Gasteiger partial charge in [-0.3, -0.25) is 4.57 Å². The molecule has 0 saturated carbocycles. The Hall–Kier alpha value is -3.43. The van der Waals surface area contributed by atoms with E-state index >= 15 is 0 Å². The number of aromatic nitrogens is 2. The highest BCUT2D eigenvalue weighted by atomic mass is 32.1. The maximum Gasteiger partial charge on any atom is 0.195 e. The molecule has 0 atom stereocenters. The Morgan fingerprint density at radius 2 is 1.52 bits per heavy atom. The molecule has 1 aliphatic rings. The molecule has 3 heteroatoms. The normalized spacial score (nSPS) is 14.4. The summed E-state index contributed by atoms with van der Waals surface area (Å²) in [7, 11) is 0. The molecule has 2 aromatic heterocycles. The smallest absolute Gasteiger partial charge is 0.195 e. The van der Waals surface area contributed by atoms with Crippen molar-refractivity contribution in [2.24, 2.45) is 0 Å². The number of hydrogen-bond acceptors (Lipinski definition) is 2. The van der Waals surface area contributed by atoms with Crippen LogP contribution in [0.4, 0.5) is 0 Å². The zero-order valence-electron chi connectivity index (χ0n) is 17.4. The van der Waals surface area contributed by atoms with Crippen molar-refractivity contribution in [2.45, 2.75) is 19.3 Å². The molecule has 2 heterocycles. The van der Waals surface area contributed by atoms with Gasteiger partial charge in [0, 0.05) is 16.2 Å². The van der Waals surface area contributed by atoms with E-state index in [1.165, 1.54) is 48.8 Å². The Morgan fingerprint density at radius 1 is 0.742 bits per heavy atom. The monoisotopic (exact) mass is 416 g/mol. The SMILES string of the molecule is CC1(C)c2ccccc2-c2c1ccc1c2c2ccccc2n1-c1nc2ccccc2s1. The van der Waals surface area contributed by atoms with Crippen molar-refractivity contribution in [3.8, 4) is 16.3 Å². The number of nitrogens with zero attached hydrogens (tertiary/aromatic N) is 2. The van der Waals surface area contributed by atoms with Gasteiger partial charge in [0.15, 0.2) is 5.13 Å². The molecule has 0 fully saturated rings. The quantitative estimate of drug-likeness (QED) is 0.268. The van der Waals surface area contributed by atoms with Gasteiger partial charge in [-0.15, -0.1) is 0 Å². The molecule has 4 aromatic carbocycles. The van der Waals surface area contributed by atoms with Crippen molar-refractivity contribution in [2.75, 3.05) is 0 Å². The summed E-state index contributed by atoms with van der Waals surface area (Å²) in [5.41, 5.74) is 9.07. The third-order valence-corrected chi connectivity index (χ3v) is 7.88. The van der Waals surface area contributed by atoms with E-state index in [-0.39, 0.29) is 5.41 Å². The standard InChI is InChI=1S/C28H20N2S/c1-28(2)19-11-5-3-9-17(19)25-20(28)15-16-23-26(25)18-10-4-7-13-22(18)30(23)27-29-21-12-6-8-14-24(21)31-27/h3-16H,1-2H3. The second-order valence-electron chi connectivity index (χ2n) is 8.87. The predicted octanol–water partition coefficient (Wildman–Crippen LogP) is 7.70. The van der Waals surface area contributed by atoms with Crippen LogP contribution in [-0.4, -0.2) is 9.55 Å². The van der Waals surface area contributed by atoms with E-state index < -0.39 is 0 Å². The van der Waals surface area contributed by atoms with Crippen LogP contribution in [0.5, 0.6) is 0 Å². The molecule has 1 aliphatic carbocycles. The molecule has 7 rings (SSSR count). The van der Waals surface area contributed by atoms with E-state index in [9.17, 15) is 0 Å². The van der Waals surface area contributed by atoms with Crippen LogP contribution in [0.15, 0.2) is 84.9 Å². The lowest BCUT2D eigenvalue weighted by molar-refractivity contribution is 0.661. The average Bonchev–Trinajstić information content (AvgIpc) is 3.43. The fourth-order valence-electron chi connectivity index (χ4n) is 5.41. The Bertz CT molecular complexity index is 1630. The van der Waals surface area contributed by atoms with Crippen molar-refractivity contribution >= 4 is 43.4 Å². The highest BCUT2D eigenvalue weighted by molar-refractivity contribution is 7.20. The molecule has 2 nitrogen and oxygen atoms in total. The van der Waals surface area contributed by atoms with Crippen LogP contribution in [0, 0.1) is 0 Å². The zero-order chi connectivity index (χ0) is 20.7. The first-order valence-corrected chi connectivity index (χ1v) is 11.5. The van der Waals surface area contributed by atoms with Gasteiger partial charge in [-0.25, -0.2) is 4.98 Å². The van der Waals surface area contributed by atoms with Gasteiger partial charge in [0.1, 0.15) is 0 Å². The van der Waals surface area contributed by atoms with Crippen LogP contribution in [0.3, 0.4) is 0 Å². The van der Waals surface area contributed by atoms with Crippen molar-refractivity contribution in [1.82, 2.24) is 9.55 Å². The minimum atomic E-state index is -0.000811. The molecule has 6 aromatic rings. The molecule has 0 saturated heterocycles. The molecule has 31 heavy (non-hydrogen) atoms. The molecular weight excluding hydrogens is 396 g/mol. The fourth-order valence-corrected chi connectivity index (χ4v) is 6.41. The molecule has 0 unspecified atom stereocenters. The predicted molar refractivity (Wildman–Crippen MR) is 132 cm³/mol. The van der Waals surface area contributed by atoms with E-state index in [0.717, 1.165) is 10.6 Å². The molecular formula is C28H20N2S. The number of fused-ring (bicyclic) bond motifs is 8. The summed E-state index contributed by atoms with van der Waals surface area (Å²) >= 11 is 1.76. The summed E-state index contributed by atoms with van der Waals surface area (Å²) in [4.78, 5) is 5.00. The minimum Gasteiger partial charge on any atom is -0.285 e. The maximum atomic E-state index is 5.00. The van der Waals surface area contributed by atoms with Crippen molar-refractivity contribution in [1.29, 1.82) is 0 Å². The number of benzene rings is 4. The molecule has 0 bridgehead atoms. The summed E-state index contributed by atoms with van der Waals surface area (Å²) in [6, 6.07) is 30.7. The topological polar surface area (TPSA) is 17.8 Å². The third kappa shape index (κ3) is 2.14. The van der Waals surface area contributed by atoms with Crippen LogP contribution in [0.2, 0.25) is 0 Å². The molecule has 0 spiro atoms. The van der Waals surface area contributed by atoms with Crippen molar-refractivity contribution in [3.05, 3.63) is 96.1 Å². The van der Waals surface area contributed by atoms with Gasteiger partial charge in [-0.2, -0.15) is 0 Å².